The first-order chi connectivity index (χ1) is 7.40. The molecule has 0 saturated heterocycles. The normalized spacial score (nSPS) is 20.7. The van der Waals surface area contributed by atoms with Crippen LogP contribution in [-0.4, -0.2) is 0 Å². The van der Waals surface area contributed by atoms with Crippen LogP contribution in [0.15, 0.2) is 42.0 Å². The maximum Gasteiger partial charge on any atom is 0.0911 e. The first-order valence-electron chi connectivity index (χ1n) is 5.52. The number of benzene rings is 1. The fourth-order valence-electron chi connectivity index (χ4n) is 2.28. The number of rotatable bonds is 1. The minimum Gasteiger partial charge on any atom is -0.193 e. The van der Waals surface area contributed by atoms with Gasteiger partial charge < -0.3 is 0 Å². The maximum absolute atomic E-state index is 8.58. The van der Waals surface area contributed by atoms with Crippen LogP contribution in [0.1, 0.15) is 37.2 Å². The molecule has 1 nitrogen and oxygen atoms in total. The summed E-state index contributed by atoms with van der Waals surface area (Å²) < 4.78 is 0. The Bertz CT molecular complexity index is 374. The van der Waals surface area contributed by atoms with E-state index in [0.717, 1.165) is 12.8 Å². The zero-order valence-corrected chi connectivity index (χ0v) is 8.82. The zero-order valence-electron chi connectivity index (χ0n) is 8.82. The smallest absolute Gasteiger partial charge is 0.0911 e. The van der Waals surface area contributed by atoms with E-state index in [9.17, 15) is 0 Å². The molecule has 1 aliphatic rings. The topological polar surface area (TPSA) is 23.8 Å². The van der Waals surface area contributed by atoms with E-state index in [1.165, 1.54) is 24.0 Å². The van der Waals surface area contributed by atoms with E-state index in [1.54, 1.807) is 6.08 Å². The summed E-state index contributed by atoms with van der Waals surface area (Å²) in [6, 6.07) is 12.8. The summed E-state index contributed by atoms with van der Waals surface area (Å²) in [5, 5.41) is 8.58. The number of nitriles is 1. The van der Waals surface area contributed by atoms with Gasteiger partial charge in [0.1, 0.15) is 0 Å². The van der Waals surface area contributed by atoms with Crippen LogP contribution in [0.25, 0.3) is 0 Å². The lowest BCUT2D eigenvalue weighted by molar-refractivity contribution is 0.517. The van der Waals surface area contributed by atoms with Crippen molar-refractivity contribution in [1.29, 1.82) is 5.26 Å². The number of allylic oxidation sites excluding steroid dienone is 2. The van der Waals surface area contributed by atoms with Crippen molar-refractivity contribution in [2.75, 3.05) is 0 Å². The Kier molecular flexibility index (Phi) is 3.19. The van der Waals surface area contributed by atoms with E-state index in [-0.39, 0.29) is 0 Å². The second-order valence-electron chi connectivity index (χ2n) is 4.12. The first-order valence-corrected chi connectivity index (χ1v) is 5.52. The van der Waals surface area contributed by atoms with Crippen LogP contribution in [0.2, 0.25) is 0 Å². The van der Waals surface area contributed by atoms with Crippen LogP contribution >= 0.6 is 0 Å². The Morgan fingerprint density at radius 3 is 2.40 bits per heavy atom. The predicted molar refractivity (Wildman–Crippen MR) is 61.3 cm³/mol. The second kappa shape index (κ2) is 4.79. The van der Waals surface area contributed by atoms with Gasteiger partial charge in [0.2, 0.25) is 0 Å². The highest BCUT2D eigenvalue weighted by atomic mass is 14.2. The molecule has 0 radical (unpaired) electrons. The zero-order chi connectivity index (χ0) is 10.5. The Labute approximate surface area is 91.0 Å². The van der Waals surface area contributed by atoms with Gasteiger partial charge in [0.25, 0.3) is 0 Å². The monoisotopic (exact) mass is 197 g/mol. The second-order valence-corrected chi connectivity index (χ2v) is 4.12. The molecule has 0 atom stereocenters. The van der Waals surface area contributed by atoms with Gasteiger partial charge in [-0.1, -0.05) is 35.9 Å². The molecule has 0 amide bonds. The van der Waals surface area contributed by atoms with Crippen LogP contribution in [0.4, 0.5) is 0 Å². The van der Waals surface area contributed by atoms with Crippen LogP contribution in [0.5, 0.6) is 0 Å². The van der Waals surface area contributed by atoms with Gasteiger partial charge in [0, 0.05) is 6.08 Å². The van der Waals surface area contributed by atoms with Crippen LogP contribution in [0, 0.1) is 11.3 Å². The van der Waals surface area contributed by atoms with Crippen molar-refractivity contribution in [3.63, 3.8) is 0 Å². The molecule has 1 aromatic rings. The summed E-state index contributed by atoms with van der Waals surface area (Å²) in [7, 11) is 0. The Morgan fingerprint density at radius 2 is 1.80 bits per heavy atom. The molecule has 0 aromatic heterocycles. The summed E-state index contributed by atoms with van der Waals surface area (Å²) in [4.78, 5) is 0. The average Bonchev–Trinajstić information content (AvgIpc) is 2.32. The largest absolute Gasteiger partial charge is 0.193 e. The van der Waals surface area contributed by atoms with Crippen molar-refractivity contribution in [3.8, 4) is 6.07 Å². The SMILES string of the molecule is N#CC=C1CCC(c2ccccc2)CC1. The molecule has 1 aliphatic carbocycles. The Morgan fingerprint density at radius 1 is 1.13 bits per heavy atom. The van der Waals surface area contributed by atoms with E-state index < -0.39 is 0 Å². The molecule has 0 bridgehead atoms. The highest BCUT2D eigenvalue weighted by molar-refractivity contribution is 5.23. The molecule has 1 saturated carbocycles. The van der Waals surface area contributed by atoms with Crippen molar-refractivity contribution < 1.29 is 0 Å². The molecule has 0 spiro atoms. The highest BCUT2D eigenvalue weighted by Crippen LogP contribution is 2.34. The van der Waals surface area contributed by atoms with Crippen LogP contribution < -0.4 is 0 Å². The van der Waals surface area contributed by atoms with Crippen molar-refractivity contribution in [2.45, 2.75) is 31.6 Å². The molecule has 76 valence electrons. The van der Waals surface area contributed by atoms with E-state index in [4.69, 9.17) is 5.26 Å². The van der Waals surface area contributed by atoms with Crippen molar-refractivity contribution >= 4 is 0 Å². The third-order valence-electron chi connectivity index (χ3n) is 3.17. The molecule has 0 unspecified atom stereocenters. The summed E-state index contributed by atoms with van der Waals surface area (Å²) in [6.45, 7) is 0. The molecular formula is C14H15N. The van der Waals surface area contributed by atoms with E-state index in [1.807, 2.05) is 0 Å². The number of nitrogens with zero attached hydrogens (tertiary/aromatic N) is 1. The molecule has 1 heteroatoms. The average molecular weight is 197 g/mol. The lowest BCUT2D eigenvalue weighted by atomic mass is 9.81. The summed E-state index contributed by atoms with van der Waals surface area (Å²) in [5.41, 5.74) is 2.78. The summed E-state index contributed by atoms with van der Waals surface area (Å²) >= 11 is 0. The van der Waals surface area contributed by atoms with Gasteiger partial charge in [0.15, 0.2) is 0 Å². The third-order valence-corrected chi connectivity index (χ3v) is 3.17. The third kappa shape index (κ3) is 2.47. The molecule has 2 rings (SSSR count). The Hall–Kier alpha value is -1.55. The van der Waals surface area contributed by atoms with Crippen LogP contribution in [-0.2, 0) is 0 Å². The van der Waals surface area contributed by atoms with Crippen molar-refractivity contribution in [1.82, 2.24) is 0 Å². The molecule has 1 fully saturated rings. The Balaban J connectivity index is 2.01. The highest BCUT2D eigenvalue weighted by Gasteiger charge is 2.17. The quantitative estimate of drug-likeness (QED) is 0.628. The molecular weight excluding hydrogens is 182 g/mol. The fourth-order valence-corrected chi connectivity index (χ4v) is 2.28. The lowest BCUT2D eigenvalue weighted by Crippen LogP contribution is -2.06. The molecule has 0 aliphatic heterocycles. The fraction of sp³-hybridized carbons (Fsp3) is 0.357. The van der Waals surface area contributed by atoms with Gasteiger partial charge >= 0.3 is 0 Å². The van der Waals surface area contributed by atoms with Gasteiger partial charge in [-0.2, -0.15) is 5.26 Å². The van der Waals surface area contributed by atoms with Crippen molar-refractivity contribution in [2.24, 2.45) is 0 Å². The van der Waals surface area contributed by atoms with E-state index >= 15 is 0 Å². The van der Waals surface area contributed by atoms with Gasteiger partial charge in [-0.05, 0) is 37.2 Å². The van der Waals surface area contributed by atoms with Gasteiger partial charge in [0.05, 0.1) is 6.07 Å². The van der Waals surface area contributed by atoms with E-state index in [2.05, 4.69) is 36.4 Å². The molecule has 1 aromatic carbocycles. The number of hydrogen-bond acceptors (Lipinski definition) is 1. The molecule has 0 heterocycles. The molecule has 15 heavy (non-hydrogen) atoms. The summed E-state index contributed by atoms with van der Waals surface area (Å²) in [5.74, 6) is 0.696. The lowest BCUT2D eigenvalue weighted by Gasteiger charge is -2.23. The minimum atomic E-state index is 0.696. The van der Waals surface area contributed by atoms with Crippen molar-refractivity contribution in [3.05, 3.63) is 47.5 Å². The maximum atomic E-state index is 8.58. The molecule has 0 N–H and O–H groups in total. The minimum absolute atomic E-state index is 0.696. The summed E-state index contributed by atoms with van der Waals surface area (Å²) in [6.07, 6.45) is 6.29. The van der Waals surface area contributed by atoms with Gasteiger partial charge in [-0.3, -0.25) is 0 Å². The van der Waals surface area contributed by atoms with Crippen LogP contribution in [0.3, 0.4) is 0 Å². The predicted octanol–water partition coefficient (Wildman–Crippen LogP) is 3.79. The number of hydrogen-bond donors (Lipinski definition) is 0. The standard InChI is InChI=1S/C14H15N/c15-11-10-12-6-8-14(9-7-12)13-4-2-1-3-5-13/h1-5,10,14H,6-9H2. The van der Waals surface area contributed by atoms with E-state index in [0.29, 0.717) is 5.92 Å². The van der Waals surface area contributed by atoms with Gasteiger partial charge in [-0.25, -0.2) is 0 Å². The van der Waals surface area contributed by atoms with Gasteiger partial charge in [-0.15, -0.1) is 0 Å². The first kappa shape index (κ1) is 9.98.